The van der Waals surface area contributed by atoms with Crippen LogP contribution in [0.15, 0.2) is 24.3 Å². The van der Waals surface area contributed by atoms with Crippen molar-refractivity contribution in [3.63, 3.8) is 0 Å². The molecule has 2 heteroatoms. The van der Waals surface area contributed by atoms with Crippen LogP contribution in [0.25, 0.3) is 0 Å². The van der Waals surface area contributed by atoms with E-state index in [1.165, 1.54) is 24.0 Å². The highest BCUT2D eigenvalue weighted by Crippen LogP contribution is 2.22. The Morgan fingerprint density at radius 2 is 1.80 bits per heavy atom. The van der Waals surface area contributed by atoms with Gasteiger partial charge in [-0.25, -0.2) is 0 Å². The third-order valence-electron chi connectivity index (χ3n) is 2.51. The summed E-state index contributed by atoms with van der Waals surface area (Å²) in [5.41, 5.74) is 8.60. The lowest BCUT2D eigenvalue weighted by molar-refractivity contribution is 0.546. The van der Waals surface area contributed by atoms with Crippen molar-refractivity contribution in [2.75, 3.05) is 0 Å². The zero-order chi connectivity index (χ0) is 10.6. The number of halogens is 1. The Kier molecular flexibility index (Phi) is 5.92. The van der Waals surface area contributed by atoms with E-state index in [2.05, 4.69) is 45.0 Å². The van der Waals surface area contributed by atoms with Crippen LogP contribution in [-0.4, -0.2) is 0 Å². The van der Waals surface area contributed by atoms with E-state index < -0.39 is 0 Å². The molecule has 0 heterocycles. The zero-order valence-electron chi connectivity index (χ0n) is 9.92. The second-order valence-electron chi connectivity index (χ2n) is 4.48. The molecule has 1 aromatic carbocycles. The lowest BCUT2D eigenvalue weighted by atomic mass is 9.89. The highest BCUT2D eigenvalue weighted by molar-refractivity contribution is 5.85. The summed E-state index contributed by atoms with van der Waals surface area (Å²) >= 11 is 0. The van der Waals surface area contributed by atoms with E-state index in [4.69, 9.17) is 5.73 Å². The molecule has 0 saturated heterocycles. The first-order chi connectivity index (χ1) is 6.55. The molecule has 0 aromatic heterocycles. The fourth-order valence-electron chi connectivity index (χ4n) is 1.73. The number of hydrogen-bond donors (Lipinski definition) is 1. The molecule has 0 fully saturated rings. The first-order valence-electron chi connectivity index (χ1n) is 5.43. The first kappa shape index (κ1) is 14.5. The standard InChI is InChI=1S/C13H21N.ClH/c1-4-5-8-11-9-6-7-10-12(11)13(2,3)14;/h6-7,9-10H,4-5,8,14H2,1-3H3;1H. The van der Waals surface area contributed by atoms with Crippen LogP contribution in [0.3, 0.4) is 0 Å². The molecule has 86 valence electrons. The maximum atomic E-state index is 6.13. The number of hydrogen-bond acceptors (Lipinski definition) is 1. The smallest absolute Gasteiger partial charge is 0.0355 e. The summed E-state index contributed by atoms with van der Waals surface area (Å²) in [7, 11) is 0. The highest BCUT2D eigenvalue weighted by Gasteiger charge is 2.16. The van der Waals surface area contributed by atoms with Crippen LogP contribution in [-0.2, 0) is 12.0 Å². The van der Waals surface area contributed by atoms with Crippen molar-refractivity contribution < 1.29 is 0 Å². The van der Waals surface area contributed by atoms with Crippen molar-refractivity contribution in [2.24, 2.45) is 5.73 Å². The predicted molar refractivity (Wildman–Crippen MR) is 69.5 cm³/mol. The Morgan fingerprint density at radius 3 is 2.33 bits per heavy atom. The lowest BCUT2D eigenvalue weighted by Crippen LogP contribution is -2.29. The number of aryl methyl sites for hydroxylation is 1. The monoisotopic (exact) mass is 227 g/mol. The van der Waals surface area contributed by atoms with Gasteiger partial charge >= 0.3 is 0 Å². The second-order valence-corrected chi connectivity index (χ2v) is 4.48. The Balaban J connectivity index is 0.00000196. The summed E-state index contributed by atoms with van der Waals surface area (Å²) in [4.78, 5) is 0. The van der Waals surface area contributed by atoms with Crippen molar-refractivity contribution in [1.29, 1.82) is 0 Å². The summed E-state index contributed by atoms with van der Waals surface area (Å²) < 4.78 is 0. The SMILES string of the molecule is CCCCc1ccccc1C(C)(C)N.Cl. The van der Waals surface area contributed by atoms with Crippen molar-refractivity contribution in [3.05, 3.63) is 35.4 Å². The van der Waals surface area contributed by atoms with Crippen molar-refractivity contribution in [2.45, 2.75) is 45.6 Å². The molecule has 0 aliphatic rings. The van der Waals surface area contributed by atoms with Crippen molar-refractivity contribution in [1.82, 2.24) is 0 Å². The van der Waals surface area contributed by atoms with Gasteiger partial charge in [-0.3, -0.25) is 0 Å². The lowest BCUT2D eigenvalue weighted by Gasteiger charge is -2.22. The van der Waals surface area contributed by atoms with Crippen LogP contribution in [0, 0.1) is 0 Å². The van der Waals surface area contributed by atoms with Gasteiger partial charge in [0.1, 0.15) is 0 Å². The van der Waals surface area contributed by atoms with Crippen molar-refractivity contribution in [3.8, 4) is 0 Å². The van der Waals surface area contributed by atoms with E-state index in [1.807, 2.05) is 0 Å². The van der Waals surface area contributed by atoms with Gasteiger partial charge in [0.2, 0.25) is 0 Å². The predicted octanol–water partition coefficient (Wildman–Crippen LogP) is 3.64. The third-order valence-corrected chi connectivity index (χ3v) is 2.51. The molecule has 0 aliphatic carbocycles. The Bertz CT molecular complexity index is 289. The molecule has 1 aromatic rings. The van der Waals surface area contributed by atoms with Crippen LogP contribution in [0.5, 0.6) is 0 Å². The van der Waals surface area contributed by atoms with Crippen LogP contribution in [0.1, 0.15) is 44.7 Å². The molecule has 0 spiro atoms. The summed E-state index contributed by atoms with van der Waals surface area (Å²) in [5, 5.41) is 0. The van der Waals surface area contributed by atoms with Gasteiger partial charge in [-0.1, -0.05) is 37.6 Å². The molecule has 1 rings (SSSR count). The van der Waals surface area contributed by atoms with Crippen LogP contribution >= 0.6 is 12.4 Å². The van der Waals surface area contributed by atoms with E-state index in [-0.39, 0.29) is 17.9 Å². The fourth-order valence-corrected chi connectivity index (χ4v) is 1.73. The molecule has 0 amide bonds. The summed E-state index contributed by atoms with van der Waals surface area (Å²) in [5.74, 6) is 0. The Hall–Kier alpha value is -0.530. The molecule has 15 heavy (non-hydrogen) atoms. The van der Waals surface area contributed by atoms with Crippen LogP contribution < -0.4 is 5.73 Å². The summed E-state index contributed by atoms with van der Waals surface area (Å²) in [6, 6.07) is 8.50. The van der Waals surface area contributed by atoms with Gasteiger partial charge < -0.3 is 5.73 Å². The van der Waals surface area contributed by atoms with Crippen LogP contribution in [0.2, 0.25) is 0 Å². The number of rotatable bonds is 4. The van der Waals surface area contributed by atoms with Gasteiger partial charge in [0, 0.05) is 5.54 Å². The molecule has 0 saturated carbocycles. The van der Waals surface area contributed by atoms with E-state index in [9.17, 15) is 0 Å². The van der Waals surface area contributed by atoms with E-state index in [1.54, 1.807) is 0 Å². The van der Waals surface area contributed by atoms with Crippen molar-refractivity contribution >= 4 is 12.4 Å². The molecule has 1 nitrogen and oxygen atoms in total. The minimum Gasteiger partial charge on any atom is -0.322 e. The Morgan fingerprint density at radius 1 is 1.20 bits per heavy atom. The highest BCUT2D eigenvalue weighted by atomic mass is 35.5. The summed E-state index contributed by atoms with van der Waals surface area (Å²) in [6.07, 6.45) is 3.62. The minimum atomic E-state index is -0.218. The maximum absolute atomic E-state index is 6.13. The average Bonchev–Trinajstić information content (AvgIpc) is 2.14. The third kappa shape index (κ3) is 4.23. The molecule has 0 aliphatic heterocycles. The largest absolute Gasteiger partial charge is 0.322 e. The van der Waals surface area contributed by atoms with Gasteiger partial charge in [-0.2, -0.15) is 0 Å². The van der Waals surface area contributed by atoms with E-state index in [0.717, 1.165) is 6.42 Å². The zero-order valence-corrected chi connectivity index (χ0v) is 10.7. The quantitative estimate of drug-likeness (QED) is 0.835. The topological polar surface area (TPSA) is 26.0 Å². The van der Waals surface area contributed by atoms with Gasteiger partial charge in [0.15, 0.2) is 0 Å². The molecular weight excluding hydrogens is 206 g/mol. The normalized spacial score (nSPS) is 10.9. The number of unbranched alkanes of at least 4 members (excludes halogenated alkanes) is 1. The first-order valence-corrected chi connectivity index (χ1v) is 5.43. The van der Waals surface area contributed by atoms with Gasteiger partial charge in [0.25, 0.3) is 0 Å². The molecule has 0 bridgehead atoms. The number of nitrogens with two attached hydrogens (primary N) is 1. The van der Waals surface area contributed by atoms with E-state index >= 15 is 0 Å². The summed E-state index contributed by atoms with van der Waals surface area (Å²) in [6.45, 7) is 6.35. The second kappa shape index (κ2) is 6.14. The molecule has 0 radical (unpaired) electrons. The molecule has 0 unspecified atom stereocenters. The van der Waals surface area contributed by atoms with Crippen LogP contribution in [0.4, 0.5) is 0 Å². The average molecular weight is 228 g/mol. The van der Waals surface area contributed by atoms with Gasteiger partial charge in [-0.15, -0.1) is 12.4 Å². The molecule has 0 atom stereocenters. The minimum absolute atomic E-state index is 0. The fraction of sp³-hybridized carbons (Fsp3) is 0.538. The van der Waals surface area contributed by atoms with Gasteiger partial charge in [-0.05, 0) is 37.8 Å². The maximum Gasteiger partial charge on any atom is 0.0355 e. The Labute approximate surface area is 99.5 Å². The van der Waals surface area contributed by atoms with Gasteiger partial charge in [0.05, 0.1) is 0 Å². The number of benzene rings is 1. The molecule has 2 N–H and O–H groups in total. The van der Waals surface area contributed by atoms with E-state index in [0.29, 0.717) is 0 Å². The molecular formula is C13H22ClN.